The molecule has 0 spiro atoms. The van der Waals surface area contributed by atoms with Gasteiger partial charge in [-0.1, -0.05) is 6.92 Å². The number of ether oxygens (including phenoxy) is 2. The second-order valence-corrected chi connectivity index (χ2v) is 9.92. The lowest BCUT2D eigenvalue weighted by molar-refractivity contribution is -0.192. The average Bonchev–Trinajstić information content (AvgIpc) is 3.21. The lowest BCUT2D eigenvalue weighted by Crippen LogP contribution is -2.53. The summed E-state index contributed by atoms with van der Waals surface area (Å²) in [7, 11) is 0. The molecule has 0 radical (unpaired) electrons. The van der Waals surface area contributed by atoms with Crippen LogP contribution in [0.2, 0.25) is 0 Å². The maximum absolute atomic E-state index is 10.6. The van der Waals surface area contributed by atoms with E-state index >= 15 is 0 Å². The molecule has 0 aliphatic carbocycles. The maximum atomic E-state index is 10.6. The van der Waals surface area contributed by atoms with E-state index in [2.05, 4.69) is 11.8 Å². The van der Waals surface area contributed by atoms with Crippen LogP contribution in [-0.2, 0) is 4.79 Å². The van der Waals surface area contributed by atoms with Crippen LogP contribution in [0.3, 0.4) is 0 Å². The third kappa shape index (κ3) is 7.12. The maximum Gasteiger partial charge on any atom is 0.490 e. The van der Waals surface area contributed by atoms with E-state index in [1.165, 1.54) is 6.42 Å². The number of hydrogen-bond acceptors (Lipinski definition) is 7. The molecule has 3 N–H and O–H groups in total. The first kappa shape index (κ1) is 28.1. The number of aromatic hydroxyl groups is 2. The summed E-state index contributed by atoms with van der Waals surface area (Å²) in [5.41, 5.74) is 0.945. The predicted octanol–water partition coefficient (Wildman–Crippen LogP) is 6.88. The van der Waals surface area contributed by atoms with E-state index in [-0.39, 0.29) is 17.6 Å². The number of thiophene rings is 1. The molecule has 1 aliphatic rings. The second-order valence-electron chi connectivity index (χ2n) is 8.86. The molecule has 1 aromatic heterocycles. The third-order valence-electron chi connectivity index (χ3n) is 5.81. The summed E-state index contributed by atoms with van der Waals surface area (Å²) in [6.07, 6.45) is -3.66. The molecule has 206 valence electrons. The minimum Gasteiger partial charge on any atom is -0.508 e. The number of fused-ring (bicyclic) bond motifs is 1. The number of carboxylic acids is 1. The molecule has 4 aromatic rings. The highest BCUT2D eigenvalue weighted by atomic mass is 32.1. The molecule has 0 unspecified atom stereocenters. The summed E-state index contributed by atoms with van der Waals surface area (Å²) in [6, 6.07) is 20.1. The molecule has 1 aliphatic heterocycles. The van der Waals surface area contributed by atoms with Crippen molar-refractivity contribution in [3.63, 3.8) is 0 Å². The molecule has 0 amide bonds. The number of phenols is 2. The van der Waals surface area contributed by atoms with Gasteiger partial charge in [-0.05, 0) is 85.3 Å². The Morgan fingerprint density at radius 1 is 0.974 bits per heavy atom. The molecule has 1 fully saturated rings. The smallest absolute Gasteiger partial charge is 0.490 e. The highest BCUT2D eigenvalue weighted by molar-refractivity contribution is 7.22. The minimum atomic E-state index is -5.08. The van der Waals surface area contributed by atoms with Gasteiger partial charge in [-0.25, -0.2) is 4.79 Å². The number of aliphatic carboxylic acids is 1. The van der Waals surface area contributed by atoms with Crippen molar-refractivity contribution in [2.75, 3.05) is 19.6 Å². The first-order valence-electron chi connectivity index (χ1n) is 12.1. The highest BCUT2D eigenvalue weighted by Crippen LogP contribution is 2.47. The van der Waals surface area contributed by atoms with E-state index in [1.807, 2.05) is 42.5 Å². The lowest BCUT2D eigenvalue weighted by Gasteiger charge is -2.38. The zero-order valence-corrected chi connectivity index (χ0v) is 21.6. The summed E-state index contributed by atoms with van der Waals surface area (Å²) >= 11 is 1.55. The van der Waals surface area contributed by atoms with Gasteiger partial charge in [-0.15, -0.1) is 11.3 Å². The Bertz CT molecular complexity index is 1410. The van der Waals surface area contributed by atoms with Crippen LogP contribution >= 0.6 is 11.3 Å². The Kier molecular flexibility index (Phi) is 8.51. The van der Waals surface area contributed by atoms with E-state index < -0.39 is 12.1 Å². The van der Waals surface area contributed by atoms with Crippen molar-refractivity contribution in [3.8, 4) is 39.2 Å². The molecule has 3 aromatic carbocycles. The van der Waals surface area contributed by atoms with Crippen molar-refractivity contribution in [2.45, 2.75) is 25.6 Å². The van der Waals surface area contributed by atoms with Crippen molar-refractivity contribution in [1.82, 2.24) is 4.90 Å². The Hall–Kier alpha value is -3.96. The fourth-order valence-electron chi connectivity index (χ4n) is 3.96. The van der Waals surface area contributed by atoms with Gasteiger partial charge in [0.15, 0.2) is 5.75 Å². The van der Waals surface area contributed by atoms with Gasteiger partial charge >= 0.3 is 12.1 Å². The van der Waals surface area contributed by atoms with Gasteiger partial charge in [0.2, 0.25) is 0 Å². The molecule has 11 heteroatoms. The summed E-state index contributed by atoms with van der Waals surface area (Å²) in [6.45, 7) is 5.29. The minimum absolute atomic E-state index is 0.217. The zero-order valence-electron chi connectivity index (χ0n) is 20.8. The Labute approximate surface area is 226 Å². The van der Waals surface area contributed by atoms with Crippen LogP contribution in [0.15, 0.2) is 66.7 Å². The number of hydrogen-bond donors (Lipinski definition) is 3. The van der Waals surface area contributed by atoms with Crippen LogP contribution in [0, 0.1) is 0 Å². The van der Waals surface area contributed by atoms with Crippen LogP contribution in [0.25, 0.3) is 20.5 Å². The number of carbonyl (C=O) groups is 1. The highest BCUT2D eigenvalue weighted by Gasteiger charge is 2.38. The number of phenolic OH excluding ortho intramolecular Hbond substituents is 2. The topological polar surface area (TPSA) is 99.5 Å². The molecular weight excluding hydrogens is 535 g/mol. The summed E-state index contributed by atoms with van der Waals surface area (Å²) < 4.78 is 45.1. The lowest BCUT2D eigenvalue weighted by atomic mass is 10.1. The Balaban J connectivity index is 0.000000448. The van der Waals surface area contributed by atoms with Crippen LogP contribution in [0.1, 0.15) is 13.3 Å². The normalized spacial score (nSPS) is 13.8. The van der Waals surface area contributed by atoms with Crippen molar-refractivity contribution in [1.29, 1.82) is 0 Å². The van der Waals surface area contributed by atoms with Crippen molar-refractivity contribution in [3.05, 3.63) is 66.7 Å². The number of rotatable bonds is 7. The summed E-state index contributed by atoms with van der Waals surface area (Å²) in [5.74, 6) is -0.0258. The molecule has 7 nitrogen and oxygen atoms in total. The molecule has 0 saturated carbocycles. The summed E-state index contributed by atoms with van der Waals surface area (Å²) in [4.78, 5) is 12.2. The number of alkyl halides is 3. The summed E-state index contributed by atoms with van der Waals surface area (Å²) in [5, 5.41) is 27.6. The van der Waals surface area contributed by atoms with Gasteiger partial charge < -0.3 is 24.8 Å². The monoisotopic (exact) mass is 561 g/mol. The molecule has 39 heavy (non-hydrogen) atoms. The van der Waals surface area contributed by atoms with Gasteiger partial charge in [0.05, 0.1) is 4.88 Å². The third-order valence-corrected chi connectivity index (χ3v) is 6.99. The fraction of sp³-hybridized carbons (Fsp3) is 0.250. The quantitative estimate of drug-likeness (QED) is 0.226. The molecule has 1 saturated heterocycles. The Morgan fingerprint density at radius 2 is 1.56 bits per heavy atom. The van der Waals surface area contributed by atoms with Gasteiger partial charge in [0.25, 0.3) is 0 Å². The van der Waals surface area contributed by atoms with E-state index in [4.69, 9.17) is 19.4 Å². The van der Waals surface area contributed by atoms with E-state index in [1.54, 1.807) is 35.6 Å². The van der Waals surface area contributed by atoms with Crippen LogP contribution in [-0.4, -0.2) is 58.1 Å². The number of likely N-dealkylation sites (tertiary alicyclic amines) is 1. The average molecular weight is 562 g/mol. The van der Waals surface area contributed by atoms with Gasteiger partial charge in [-0.3, -0.25) is 4.90 Å². The van der Waals surface area contributed by atoms with Crippen molar-refractivity contribution in [2.24, 2.45) is 0 Å². The standard InChI is InChI=1S/C26H25NO4S.C2HF3O2/c1-2-13-27-15-22(16-27)30-20-8-10-21(11-9-20)31-25-23-12-7-19(29)14-24(23)32-26(25)17-3-5-18(28)6-4-17;3-2(4,5)1(6)7/h3-12,14,22,28-29H,2,13,15-16H2,1H3;(H,6,7). The Morgan fingerprint density at radius 3 is 2.15 bits per heavy atom. The number of carboxylic acid groups (broad SMARTS) is 1. The number of benzene rings is 3. The van der Waals surface area contributed by atoms with E-state index in [0.29, 0.717) is 5.75 Å². The number of halogens is 3. The zero-order chi connectivity index (χ0) is 28.2. The van der Waals surface area contributed by atoms with Crippen LogP contribution in [0.4, 0.5) is 13.2 Å². The molecule has 0 atom stereocenters. The molecule has 5 rings (SSSR count). The second kappa shape index (κ2) is 11.8. The van der Waals surface area contributed by atoms with Crippen molar-refractivity contribution >= 4 is 27.4 Å². The van der Waals surface area contributed by atoms with Gasteiger partial charge in [-0.2, -0.15) is 13.2 Å². The first-order chi connectivity index (χ1) is 18.5. The fourth-order valence-corrected chi connectivity index (χ4v) is 5.13. The number of nitrogens with zero attached hydrogens (tertiary/aromatic N) is 1. The van der Waals surface area contributed by atoms with Gasteiger partial charge in [0.1, 0.15) is 29.1 Å². The first-order valence-corrected chi connectivity index (χ1v) is 12.9. The van der Waals surface area contributed by atoms with E-state index in [0.717, 1.165) is 51.7 Å². The largest absolute Gasteiger partial charge is 0.508 e. The van der Waals surface area contributed by atoms with Gasteiger partial charge in [0, 0.05) is 23.2 Å². The van der Waals surface area contributed by atoms with Crippen molar-refractivity contribution < 1.29 is 42.8 Å². The molecule has 0 bridgehead atoms. The van der Waals surface area contributed by atoms with Crippen LogP contribution in [0.5, 0.6) is 28.7 Å². The molecular formula is C28H26F3NO6S. The van der Waals surface area contributed by atoms with E-state index in [9.17, 15) is 23.4 Å². The predicted molar refractivity (Wildman–Crippen MR) is 142 cm³/mol. The SMILES string of the molecule is CCCN1CC(Oc2ccc(Oc3c(-c4ccc(O)cc4)sc4cc(O)ccc34)cc2)C1.O=C(O)C(F)(F)F. The van der Waals surface area contributed by atoms with Crippen LogP contribution < -0.4 is 9.47 Å². The molecule has 2 heterocycles.